The normalized spacial score (nSPS) is 13.6. The van der Waals surface area contributed by atoms with E-state index in [1.54, 1.807) is 36.7 Å². The van der Waals surface area contributed by atoms with Gasteiger partial charge in [-0.3, -0.25) is 4.79 Å². The molecule has 2 aromatic carbocycles. The summed E-state index contributed by atoms with van der Waals surface area (Å²) in [7, 11) is 0. The first-order chi connectivity index (χ1) is 15.2. The lowest BCUT2D eigenvalue weighted by Gasteiger charge is -2.28. The SMILES string of the molecule is O=C(NCCc1ccc(Cl)cc1)c1ccc(Oc2nccnc2N2CCOCC2)cc1. The van der Waals surface area contributed by atoms with Crippen LogP contribution in [0.3, 0.4) is 0 Å². The maximum absolute atomic E-state index is 12.4. The smallest absolute Gasteiger partial charge is 0.263 e. The molecule has 7 nitrogen and oxygen atoms in total. The van der Waals surface area contributed by atoms with E-state index in [-0.39, 0.29) is 5.91 Å². The number of amides is 1. The molecule has 1 aliphatic rings. The highest BCUT2D eigenvalue weighted by atomic mass is 35.5. The number of halogens is 1. The van der Waals surface area contributed by atoms with Crippen molar-refractivity contribution in [2.45, 2.75) is 6.42 Å². The van der Waals surface area contributed by atoms with Crippen LogP contribution in [0.15, 0.2) is 60.9 Å². The molecule has 1 aromatic heterocycles. The van der Waals surface area contributed by atoms with Crippen molar-refractivity contribution in [1.29, 1.82) is 0 Å². The Morgan fingerprint density at radius 3 is 2.48 bits per heavy atom. The first kappa shape index (κ1) is 21.1. The number of benzene rings is 2. The third-order valence-electron chi connectivity index (χ3n) is 4.90. The average molecular weight is 439 g/mol. The van der Waals surface area contributed by atoms with E-state index in [9.17, 15) is 4.79 Å². The molecular weight excluding hydrogens is 416 g/mol. The molecule has 0 atom stereocenters. The Bertz CT molecular complexity index is 1010. The molecule has 1 N–H and O–H groups in total. The molecule has 31 heavy (non-hydrogen) atoms. The summed E-state index contributed by atoms with van der Waals surface area (Å²) < 4.78 is 11.3. The number of morpholine rings is 1. The van der Waals surface area contributed by atoms with Gasteiger partial charge in [0, 0.05) is 42.6 Å². The van der Waals surface area contributed by atoms with Gasteiger partial charge in [-0.2, -0.15) is 0 Å². The van der Waals surface area contributed by atoms with Crippen molar-refractivity contribution in [3.63, 3.8) is 0 Å². The van der Waals surface area contributed by atoms with Crippen molar-refractivity contribution >= 4 is 23.3 Å². The zero-order valence-corrected chi connectivity index (χ0v) is 17.7. The van der Waals surface area contributed by atoms with Gasteiger partial charge in [-0.05, 0) is 48.4 Å². The third kappa shape index (κ3) is 5.71. The maximum Gasteiger partial charge on any atom is 0.263 e. The molecule has 0 unspecified atom stereocenters. The molecule has 4 rings (SSSR count). The Labute approximate surface area is 186 Å². The molecule has 0 aliphatic carbocycles. The van der Waals surface area contributed by atoms with E-state index in [0.29, 0.717) is 47.8 Å². The molecule has 0 radical (unpaired) electrons. The Balaban J connectivity index is 1.34. The molecule has 1 amide bonds. The van der Waals surface area contributed by atoms with Crippen molar-refractivity contribution in [2.75, 3.05) is 37.7 Å². The van der Waals surface area contributed by atoms with E-state index in [0.717, 1.165) is 25.1 Å². The van der Waals surface area contributed by atoms with Crippen molar-refractivity contribution in [3.8, 4) is 11.6 Å². The maximum atomic E-state index is 12.4. The van der Waals surface area contributed by atoms with Crippen LogP contribution in [0.1, 0.15) is 15.9 Å². The summed E-state index contributed by atoms with van der Waals surface area (Å²) in [6, 6.07) is 14.6. The fraction of sp³-hybridized carbons (Fsp3) is 0.261. The standard InChI is InChI=1S/C23H23ClN4O3/c24-19-5-1-17(2-6-19)9-10-26-22(29)18-3-7-20(8-4-18)31-23-21(25-11-12-27-23)28-13-15-30-16-14-28/h1-8,11-12H,9-10,13-16H2,(H,26,29). The van der Waals surface area contributed by atoms with Crippen molar-refractivity contribution in [3.05, 3.63) is 77.1 Å². The van der Waals surface area contributed by atoms with E-state index in [1.165, 1.54) is 0 Å². The van der Waals surface area contributed by atoms with Crippen molar-refractivity contribution in [1.82, 2.24) is 15.3 Å². The second kappa shape index (κ2) is 10.2. The van der Waals surface area contributed by atoms with Crippen LogP contribution in [-0.2, 0) is 11.2 Å². The third-order valence-corrected chi connectivity index (χ3v) is 5.15. The van der Waals surface area contributed by atoms with Gasteiger partial charge >= 0.3 is 0 Å². The number of hydrogen-bond acceptors (Lipinski definition) is 6. The summed E-state index contributed by atoms with van der Waals surface area (Å²) in [6.45, 7) is 3.32. The number of carbonyl (C=O) groups excluding carboxylic acids is 1. The van der Waals surface area contributed by atoms with Gasteiger partial charge in [-0.1, -0.05) is 23.7 Å². The molecule has 0 bridgehead atoms. The summed E-state index contributed by atoms with van der Waals surface area (Å²) in [6.07, 6.45) is 3.98. The van der Waals surface area contributed by atoms with Gasteiger partial charge in [0.15, 0.2) is 5.82 Å². The van der Waals surface area contributed by atoms with Crippen LogP contribution in [0.25, 0.3) is 0 Å². The number of nitrogens with one attached hydrogen (secondary N) is 1. The number of ether oxygens (including phenoxy) is 2. The summed E-state index contributed by atoms with van der Waals surface area (Å²) >= 11 is 5.89. The summed E-state index contributed by atoms with van der Waals surface area (Å²) in [5.41, 5.74) is 1.68. The second-order valence-electron chi connectivity index (χ2n) is 7.04. The van der Waals surface area contributed by atoms with Crippen LogP contribution < -0.4 is 15.0 Å². The predicted molar refractivity (Wildman–Crippen MR) is 119 cm³/mol. The molecule has 1 saturated heterocycles. The lowest BCUT2D eigenvalue weighted by molar-refractivity contribution is 0.0954. The molecule has 2 heterocycles. The number of aromatic nitrogens is 2. The molecule has 3 aromatic rings. The van der Waals surface area contributed by atoms with Crippen LogP contribution >= 0.6 is 11.6 Å². The predicted octanol–water partition coefficient (Wildman–Crippen LogP) is 3.73. The van der Waals surface area contributed by atoms with Gasteiger partial charge in [-0.15, -0.1) is 0 Å². The van der Waals surface area contributed by atoms with Gasteiger partial charge in [0.1, 0.15) is 5.75 Å². The fourth-order valence-corrected chi connectivity index (χ4v) is 3.37. The van der Waals surface area contributed by atoms with Crippen LogP contribution in [0, 0.1) is 0 Å². The van der Waals surface area contributed by atoms with Crippen molar-refractivity contribution in [2.24, 2.45) is 0 Å². The van der Waals surface area contributed by atoms with Crippen LogP contribution in [0.4, 0.5) is 5.82 Å². The number of carbonyl (C=O) groups is 1. The molecule has 0 spiro atoms. The Morgan fingerprint density at radius 2 is 1.74 bits per heavy atom. The average Bonchev–Trinajstić information content (AvgIpc) is 2.82. The quantitative estimate of drug-likeness (QED) is 0.605. The lowest BCUT2D eigenvalue weighted by atomic mass is 10.1. The largest absolute Gasteiger partial charge is 0.436 e. The molecular formula is C23H23ClN4O3. The minimum absolute atomic E-state index is 0.131. The van der Waals surface area contributed by atoms with Crippen LogP contribution in [0.2, 0.25) is 5.02 Å². The summed E-state index contributed by atoms with van der Waals surface area (Å²) in [4.78, 5) is 23.2. The van der Waals surface area contributed by atoms with Gasteiger partial charge in [-0.25, -0.2) is 9.97 Å². The topological polar surface area (TPSA) is 76.6 Å². The molecule has 8 heteroatoms. The second-order valence-corrected chi connectivity index (χ2v) is 7.48. The number of nitrogens with zero attached hydrogens (tertiary/aromatic N) is 3. The number of rotatable bonds is 7. The number of anilines is 1. The monoisotopic (exact) mass is 438 g/mol. The van der Waals surface area contributed by atoms with Gasteiger partial charge in [0.05, 0.1) is 13.2 Å². The highest BCUT2D eigenvalue weighted by molar-refractivity contribution is 6.30. The Hall–Kier alpha value is -3.16. The van der Waals surface area contributed by atoms with Crippen LogP contribution in [0.5, 0.6) is 11.6 Å². The van der Waals surface area contributed by atoms with Crippen LogP contribution in [-0.4, -0.2) is 48.7 Å². The number of hydrogen-bond donors (Lipinski definition) is 1. The first-order valence-electron chi connectivity index (χ1n) is 10.1. The van der Waals surface area contributed by atoms with Gasteiger partial charge in [0.2, 0.25) is 0 Å². The first-order valence-corrected chi connectivity index (χ1v) is 10.5. The van der Waals surface area contributed by atoms with E-state index in [1.807, 2.05) is 24.3 Å². The molecule has 1 aliphatic heterocycles. The van der Waals surface area contributed by atoms with E-state index >= 15 is 0 Å². The minimum atomic E-state index is -0.131. The fourth-order valence-electron chi connectivity index (χ4n) is 3.24. The summed E-state index contributed by atoms with van der Waals surface area (Å²) in [5.74, 6) is 1.58. The van der Waals surface area contributed by atoms with Crippen molar-refractivity contribution < 1.29 is 14.3 Å². The van der Waals surface area contributed by atoms with E-state index < -0.39 is 0 Å². The zero-order chi connectivity index (χ0) is 21.5. The minimum Gasteiger partial charge on any atom is -0.436 e. The zero-order valence-electron chi connectivity index (χ0n) is 17.0. The van der Waals surface area contributed by atoms with E-state index in [4.69, 9.17) is 21.1 Å². The molecule has 0 saturated carbocycles. The highest BCUT2D eigenvalue weighted by Gasteiger charge is 2.18. The van der Waals surface area contributed by atoms with E-state index in [2.05, 4.69) is 20.2 Å². The Morgan fingerprint density at radius 1 is 1.03 bits per heavy atom. The molecule has 160 valence electrons. The lowest BCUT2D eigenvalue weighted by Crippen LogP contribution is -2.37. The Kier molecular flexibility index (Phi) is 6.96. The van der Waals surface area contributed by atoms with Gasteiger partial charge in [0.25, 0.3) is 11.8 Å². The van der Waals surface area contributed by atoms with Gasteiger partial charge < -0.3 is 19.7 Å². The summed E-state index contributed by atoms with van der Waals surface area (Å²) in [5, 5.41) is 3.63. The molecule has 1 fully saturated rings. The highest BCUT2D eigenvalue weighted by Crippen LogP contribution is 2.28.